The van der Waals surface area contributed by atoms with E-state index in [4.69, 9.17) is 0 Å². The van der Waals surface area contributed by atoms with E-state index in [-0.39, 0.29) is 11.3 Å². The zero-order valence-electron chi connectivity index (χ0n) is 15.5. The van der Waals surface area contributed by atoms with E-state index in [1.165, 1.54) is 0 Å². The van der Waals surface area contributed by atoms with E-state index in [1.54, 1.807) is 4.68 Å². The van der Waals surface area contributed by atoms with E-state index in [9.17, 15) is 22.4 Å². The molecule has 12 heteroatoms. The first-order valence-corrected chi connectivity index (χ1v) is 9.43. The summed E-state index contributed by atoms with van der Waals surface area (Å²) in [5.41, 5.74) is -0.137. The second kappa shape index (κ2) is 8.47. The highest BCUT2D eigenvalue weighted by Crippen LogP contribution is 2.25. The molecule has 3 aromatic rings. The van der Waals surface area contributed by atoms with Gasteiger partial charge in [0.25, 0.3) is 18.8 Å². The summed E-state index contributed by atoms with van der Waals surface area (Å²) in [6.45, 7) is 4.65. The number of carbonyl (C=O) groups excluding carboxylic acids is 1. The van der Waals surface area contributed by atoms with Gasteiger partial charge in [0.15, 0.2) is 11.3 Å². The van der Waals surface area contributed by atoms with E-state index in [1.807, 2.05) is 13.8 Å². The fourth-order valence-corrected chi connectivity index (χ4v) is 3.09. The van der Waals surface area contributed by atoms with Crippen LogP contribution in [0.1, 0.15) is 52.5 Å². The SMILES string of the molecule is Cc1nn(CCCNC(=O)c2cc3nc(C(F)F)cc(C(F)F)n3n2)c(C)c1Br. The number of rotatable bonds is 7. The summed E-state index contributed by atoms with van der Waals surface area (Å²) < 4.78 is 55.6. The maximum absolute atomic E-state index is 13.2. The molecule has 0 bridgehead atoms. The van der Waals surface area contributed by atoms with Gasteiger partial charge >= 0.3 is 0 Å². The zero-order valence-corrected chi connectivity index (χ0v) is 17.1. The molecule has 0 spiro atoms. The van der Waals surface area contributed by atoms with Crippen LogP contribution >= 0.6 is 15.9 Å². The fourth-order valence-electron chi connectivity index (χ4n) is 2.81. The van der Waals surface area contributed by atoms with Gasteiger partial charge in [-0.1, -0.05) is 0 Å². The smallest absolute Gasteiger partial charge is 0.280 e. The lowest BCUT2D eigenvalue weighted by Gasteiger charge is -2.06. The molecule has 0 atom stereocenters. The molecule has 1 amide bonds. The summed E-state index contributed by atoms with van der Waals surface area (Å²) in [5, 5.41) is 10.8. The van der Waals surface area contributed by atoms with Gasteiger partial charge in [0.05, 0.1) is 10.2 Å². The first kappa shape index (κ1) is 21.2. The average molecular weight is 477 g/mol. The Bertz CT molecular complexity index is 1050. The lowest BCUT2D eigenvalue weighted by molar-refractivity contribution is 0.0946. The van der Waals surface area contributed by atoms with Crippen LogP contribution in [0.4, 0.5) is 17.6 Å². The van der Waals surface area contributed by atoms with Crippen LogP contribution in [0.15, 0.2) is 16.6 Å². The van der Waals surface area contributed by atoms with Crippen LogP contribution in [0, 0.1) is 13.8 Å². The van der Waals surface area contributed by atoms with Gasteiger partial charge < -0.3 is 5.32 Å². The Labute approximate surface area is 171 Å². The summed E-state index contributed by atoms with van der Waals surface area (Å²) in [5.74, 6) is -0.608. The normalized spacial score (nSPS) is 11.8. The van der Waals surface area contributed by atoms with Gasteiger partial charge in [0, 0.05) is 24.8 Å². The Morgan fingerprint density at radius 3 is 2.48 bits per heavy atom. The molecule has 7 nitrogen and oxygen atoms in total. The van der Waals surface area contributed by atoms with Gasteiger partial charge in [-0.25, -0.2) is 27.1 Å². The van der Waals surface area contributed by atoms with Gasteiger partial charge in [0.2, 0.25) is 0 Å². The number of nitrogens with zero attached hydrogens (tertiary/aromatic N) is 5. The fraction of sp³-hybridized carbons (Fsp3) is 0.412. The lowest BCUT2D eigenvalue weighted by Crippen LogP contribution is -2.26. The van der Waals surface area contributed by atoms with Crippen molar-refractivity contribution in [2.45, 2.75) is 39.7 Å². The number of alkyl halides is 4. The highest BCUT2D eigenvalue weighted by molar-refractivity contribution is 9.10. The van der Waals surface area contributed by atoms with Gasteiger partial charge in [-0.15, -0.1) is 0 Å². The van der Waals surface area contributed by atoms with Crippen molar-refractivity contribution in [3.05, 3.63) is 45.1 Å². The van der Waals surface area contributed by atoms with Crippen molar-refractivity contribution in [1.82, 2.24) is 29.7 Å². The quantitative estimate of drug-likeness (QED) is 0.413. The summed E-state index contributed by atoms with van der Waals surface area (Å²) in [7, 11) is 0. The third-order valence-electron chi connectivity index (χ3n) is 4.28. The molecule has 156 valence electrons. The summed E-state index contributed by atoms with van der Waals surface area (Å²) >= 11 is 3.44. The monoisotopic (exact) mass is 476 g/mol. The van der Waals surface area contributed by atoms with Crippen molar-refractivity contribution in [2.24, 2.45) is 0 Å². The Morgan fingerprint density at radius 2 is 1.90 bits per heavy atom. The molecule has 3 rings (SSSR count). The van der Waals surface area contributed by atoms with Crippen molar-refractivity contribution in [3.63, 3.8) is 0 Å². The molecule has 1 N–H and O–H groups in total. The van der Waals surface area contributed by atoms with E-state index in [0.717, 1.165) is 21.9 Å². The lowest BCUT2D eigenvalue weighted by atomic mass is 10.3. The Kier molecular flexibility index (Phi) is 6.20. The number of halogens is 5. The van der Waals surface area contributed by atoms with Gasteiger partial charge in [0.1, 0.15) is 11.4 Å². The zero-order chi connectivity index (χ0) is 21.3. The van der Waals surface area contributed by atoms with Gasteiger partial charge in [-0.05, 0) is 42.3 Å². The van der Waals surface area contributed by atoms with Crippen molar-refractivity contribution in [1.29, 1.82) is 0 Å². The number of carbonyl (C=O) groups is 1. The highest BCUT2D eigenvalue weighted by Gasteiger charge is 2.22. The van der Waals surface area contributed by atoms with E-state index in [2.05, 4.69) is 36.4 Å². The third kappa shape index (κ3) is 4.41. The molecule has 0 fully saturated rings. The molecule has 0 aromatic carbocycles. The summed E-state index contributed by atoms with van der Waals surface area (Å²) in [6.07, 6.45) is -5.49. The molecule has 0 radical (unpaired) electrons. The minimum atomic E-state index is -3.05. The first-order chi connectivity index (χ1) is 13.7. The molecule has 0 saturated heterocycles. The molecule has 0 saturated carbocycles. The minimum Gasteiger partial charge on any atom is -0.351 e. The Morgan fingerprint density at radius 1 is 1.17 bits per heavy atom. The van der Waals surface area contributed by atoms with Crippen LogP contribution in [0.2, 0.25) is 0 Å². The molecule has 3 aromatic heterocycles. The Hall–Kier alpha value is -2.50. The van der Waals surface area contributed by atoms with Crippen molar-refractivity contribution in [3.8, 4) is 0 Å². The predicted molar refractivity (Wildman–Crippen MR) is 99.3 cm³/mol. The van der Waals surface area contributed by atoms with E-state index >= 15 is 0 Å². The first-order valence-electron chi connectivity index (χ1n) is 8.63. The average Bonchev–Trinajstić information content (AvgIpc) is 3.21. The van der Waals surface area contributed by atoms with Crippen molar-refractivity contribution in [2.75, 3.05) is 6.54 Å². The van der Waals surface area contributed by atoms with Crippen molar-refractivity contribution < 1.29 is 22.4 Å². The number of aromatic nitrogens is 5. The van der Waals surface area contributed by atoms with Crippen LogP contribution in [0.3, 0.4) is 0 Å². The van der Waals surface area contributed by atoms with Crippen LogP contribution < -0.4 is 5.32 Å². The number of amides is 1. The summed E-state index contributed by atoms with van der Waals surface area (Å²) in [6, 6.07) is 1.69. The summed E-state index contributed by atoms with van der Waals surface area (Å²) in [4.78, 5) is 15.9. The van der Waals surface area contributed by atoms with Crippen LogP contribution in [-0.4, -0.2) is 36.8 Å². The van der Waals surface area contributed by atoms with E-state index in [0.29, 0.717) is 30.1 Å². The van der Waals surface area contributed by atoms with E-state index < -0.39 is 30.1 Å². The number of fused-ring (bicyclic) bond motifs is 1. The minimum absolute atomic E-state index is 0.181. The Balaban J connectivity index is 1.69. The highest BCUT2D eigenvalue weighted by atomic mass is 79.9. The largest absolute Gasteiger partial charge is 0.351 e. The van der Waals surface area contributed by atoms with Gasteiger partial charge in [-0.2, -0.15) is 10.2 Å². The number of aryl methyl sites for hydroxylation is 2. The molecular formula is C17H17BrF4N6O. The number of nitrogens with one attached hydrogen (secondary N) is 1. The number of hydrogen-bond donors (Lipinski definition) is 1. The molecule has 0 unspecified atom stereocenters. The second-order valence-corrected chi connectivity index (χ2v) is 7.12. The van der Waals surface area contributed by atoms with Crippen LogP contribution in [0.5, 0.6) is 0 Å². The predicted octanol–water partition coefficient (Wildman–Crippen LogP) is 4.00. The molecule has 0 aliphatic rings. The third-order valence-corrected chi connectivity index (χ3v) is 5.43. The van der Waals surface area contributed by atoms with Crippen molar-refractivity contribution >= 4 is 27.5 Å². The molecule has 0 aliphatic carbocycles. The van der Waals surface area contributed by atoms with Crippen LogP contribution in [-0.2, 0) is 6.54 Å². The maximum Gasteiger partial charge on any atom is 0.280 e. The molecule has 3 heterocycles. The topological polar surface area (TPSA) is 77.1 Å². The second-order valence-electron chi connectivity index (χ2n) is 6.32. The number of hydrogen-bond acceptors (Lipinski definition) is 4. The molecule has 29 heavy (non-hydrogen) atoms. The standard InChI is InChI=1S/C17H17BrF4N6O/c1-8-14(18)9(2)27(25-8)5-3-4-23-17(29)11-7-13-24-10(15(19)20)6-12(16(21)22)28(13)26-11/h6-7,15-16H,3-5H2,1-2H3,(H,23,29). The molecular weight excluding hydrogens is 460 g/mol. The molecule has 0 aliphatic heterocycles. The van der Waals surface area contributed by atoms with Crippen LogP contribution in [0.25, 0.3) is 5.65 Å². The maximum atomic E-state index is 13.2. The van der Waals surface area contributed by atoms with Gasteiger partial charge in [-0.3, -0.25) is 9.48 Å².